The van der Waals surface area contributed by atoms with E-state index in [2.05, 4.69) is 27.4 Å². The number of rotatable bonds is 3. The Morgan fingerprint density at radius 2 is 2.32 bits per heavy atom. The van der Waals surface area contributed by atoms with E-state index in [-0.39, 0.29) is 0 Å². The Morgan fingerprint density at radius 3 is 3.14 bits per heavy atom. The molecule has 4 rings (SSSR count). The van der Waals surface area contributed by atoms with Crippen molar-refractivity contribution in [2.75, 3.05) is 24.7 Å². The van der Waals surface area contributed by atoms with Crippen molar-refractivity contribution in [1.82, 2.24) is 14.5 Å². The zero-order valence-corrected chi connectivity index (χ0v) is 13.7. The largest absolute Gasteiger partial charge is 0.381 e. The van der Waals surface area contributed by atoms with Crippen LogP contribution in [0.5, 0.6) is 0 Å². The Hall–Kier alpha value is -1.07. The van der Waals surface area contributed by atoms with Gasteiger partial charge in [-0.15, -0.1) is 0 Å². The monoisotopic (exact) mass is 317 g/mol. The Labute approximate surface area is 135 Å². The fraction of sp³-hybridized carbons (Fsp3) is 0.647. The zero-order valence-electron chi connectivity index (χ0n) is 12.9. The fourth-order valence-electron chi connectivity index (χ4n) is 3.62. The highest BCUT2D eigenvalue weighted by atomic mass is 32.2. The molecule has 22 heavy (non-hydrogen) atoms. The van der Waals surface area contributed by atoms with Crippen LogP contribution in [0.15, 0.2) is 18.3 Å². The highest BCUT2D eigenvalue weighted by Crippen LogP contribution is 2.33. The Morgan fingerprint density at radius 1 is 1.32 bits per heavy atom. The summed E-state index contributed by atoms with van der Waals surface area (Å²) in [6, 6.07) is 4.08. The fourth-order valence-corrected chi connectivity index (χ4v) is 4.76. The Balaban J connectivity index is 1.69. The van der Waals surface area contributed by atoms with Crippen molar-refractivity contribution in [3.05, 3.63) is 24.2 Å². The number of thioether (sulfide) groups is 1. The molecule has 2 aliphatic rings. The van der Waals surface area contributed by atoms with Gasteiger partial charge < -0.3 is 9.30 Å². The van der Waals surface area contributed by atoms with Crippen molar-refractivity contribution in [3.8, 4) is 0 Å². The van der Waals surface area contributed by atoms with E-state index >= 15 is 0 Å². The maximum atomic E-state index is 5.67. The number of aromatic nitrogens is 3. The third-order valence-corrected chi connectivity index (χ3v) is 5.97. The van der Waals surface area contributed by atoms with E-state index in [4.69, 9.17) is 9.72 Å². The summed E-state index contributed by atoms with van der Waals surface area (Å²) in [5.41, 5.74) is 2.10. The number of fused-ring (bicyclic) bond motifs is 1. The van der Waals surface area contributed by atoms with E-state index in [1.54, 1.807) is 0 Å². The molecule has 0 saturated carbocycles. The summed E-state index contributed by atoms with van der Waals surface area (Å²) in [6.07, 6.45) is 6.89. The molecular formula is C17H23N3OS. The van der Waals surface area contributed by atoms with Gasteiger partial charge >= 0.3 is 0 Å². The lowest BCUT2D eigenvalue weighted by Gasteiger charge is -2.26. The number of hydrogen-bond acceptors (Lipinski definition) is 4. The molecule has 2 atom stereocenters. The van der Waals surface area contributed by atoms with E-state index in [9.17, 15) is 0 Å². The molecule has 0 N–H and O–H groups in total. The standard InChI is InChI=1S/C17H23N3OS/c1-6-15-17(18-7-1)20(10-13-4-2-8-21-11-13)16(19-15)14-5-3-9-22-12-14/h1,6-7,13-14H,2-5,8-12H2. The van der Waals surface area contributed by atoms with Crippen LogP contribution in [0.25, 0.3) is 11.2 Å². The first-order valence-electron chi connectivity index (χ1n) is 8.38. The predicted molar refractivity (Wildman–Crippen MR) is 90.4 cm³/mol. The second kappa shape index (κ2) is 6.59. The summed E-state index contributed by atoms with van der Waals surface area (Å²) in [5.74, 6) is 4.93. The normalized spacial score (nSPS) is 26.4. The molecule has 2 aliphatic heterocycles. The molecule has 4 heterocycles. The average Bonchev–Trinajstić information content (AvgIpc) is 2.95. The van der Waals surface area contributed by atoms with Gasteiger partial charge in [-0.25, -0.2) is 9.97 Å². The minimum atomic E-state index is 0.581. The first-order chi connectivity index (χ1) is 10.9. The molecule has 4 nitrogen and oxygen atoms in total. The predicted octanol–water partition coefficient (Wildman–Crippen LogP) is 3.47. The number of ether oxygens (including phenoxy) is 1. The molecule has 0 spiro atoms. The Bertz CT molecular complexity index is 630. The molecule has 2 saturated heterocycles. The zero-order chi connectivity index (χ0) is 14.8. The van der Waals surface area contributed by atoms with Gasteiger partial charge in [0.1, 0.15) is 11.3 Å². The number of imidazole rings is 1. The molecule has 118 valence electrons. The molecule has 0 aliphatic carbocycles. The van der Waals surface area contributed by atoms with Crippen molar-refractivity contribution in [2.24, 2.45) is 5.92 Å². The van der Waals surface area contributed by atoms with Crippen LogP contribution in [0.1, 0.15) is 37.4 Å². The second-order valence-electron chi connectivity index (χ2n) is 6.42. The van der Waals surface area contributed by atoms with Crippen LogP contribution in [0.2, 0.25) is 0 Å². The topological polar surface area (TPSA) is 39.9 Å². The summed E-state index contributed by atoms with van der Waals surface area (Å²) in [4.78, 5) is 9.56. The van der Waals surface area contributed by atoms with Gasteiger partial charge in [0.05, 0.1) is 6.61 Å². The molecule has 2 fully saturated rings. The van der Waals surface area contributed by atoms with Gasteiger partial charge in [-0.1, -0.05) is 0 Å². The quantitative estimate of drug-likeness (QED) is 0.869. The third-order valence-electron chi connectivity index (χ3n) is 4.75. The molecule has 2 aromatic heterocycles. The minimum Gasteiger partial charge on any atom is -0.381 e. The lowest BCUT2D eigenvalue weighted by Crippen LogP contribution is -2.24. The van der Waals surface area contributed by atoms with E-state index in [1.807, 2.05) is 12.3 Å². The highest BCUT2D eigenvalue weighted by Gasteiger charge is 2.25. The van der Waals surface area contributed by atoms with Crippen molar-refractivity contribution in [1.29, 1.82) is 0 Å². The Kier molecular flexibility index (Phi) is 4.35. The summed E-state index contributed by atoms with van der Waals surface area (Å²) in [6.45, 7) is 2.81. The van der Waals surface area contributed by atoms with Crippen LogP contribution in [0, 0.1) is 5.92 Å². The molecule has 2 unspecified atom stereocenters. The van der Waals surface area contributed by atoms with Crippen LogP contribution in [-0.4, -0.2) is 39.3 Å². The van der Waals surface area contributed by atoms with Gasteiger partial charge in [-0.3, -0.25) is 0 Å². The van der Waals surface area contributed by atoms with Crippen LogP contribution in [0.4, 0.5) is 0 Å². The van der Waals surface area contributed by atoms with Crippen molar-refractivity contribution in [3.63, 3.8) is 0 Å². The SMILES string of the molecule is c1cnc2c(c1)nc(C1CCCSC1)n2CC1CCCOC1. The van der Waals surface area contributed by atoms with Gasteiger partial charge in [-0.05, 0) is 43.6 Å². The number of nitrogens with zero attached hydrogens (tertiary/aromatic N) is 3. The van der Waals surface area contributed by atoms with Gasteiger partial charge in [0.15, 0.2) is 5.65 Å². The van der Waals surface area contributed by atoms with E-state index in [0.717, 1.165) is 30.9 Å². The second-order valence-corrected chi connectivity index (χ2v) is 7.57. The van der Waals surface area contributed by atoms with Gasteiger partial charge in [0.2, 0.25) is 0 Å². The lowest BCUT2D eigenvalue weighted by atomic mass is 10.0. The molecule has 0 aromatic carbocycles. The van der Waals surface area contributed by atoms with Crippen molar-refractivity contribution >= 4 is 22.9 Å². The molecular weight excluding hydrogens is 294 g/mol. The lowest BCUT2D eigenvalue weighted by molar-refractivity contribution is 0.0483. The summed E-state index contributed by atoms with van der Waals surface area (Å²) < 4.78 is 8.06. The molecule has 5 heteroatoms. The maximum Gasteiger partial charge on any atom is 0.160 e. The average molecular weight is 317 g/mol. The summed E-state index contributed by atoms with van der Waals surface area (Å²) >= 11 is 2.06. The van der Waals surface area contributed by atoms with E-state index < -0.39 is 0 Å². The molecule has 0 amide bonds. The van der Waals surface area contributed by atoms with Crippen LogP contribution < -0.4 is 0 Å². The summed E-state index contributed by atoms with van der Waals surface area (Å²) in [7, 11) is 0. The number of pyridine rings is 1. The van der Waals surface area contributed by atoms with Gasteiger partial charge in [0.25, 0.3) is 0 Å². The highest BCUT2D eigenvalue weighted by molar-refractivity contribution is 7.99. The van der Waals surface area contributed by atoms with Crippen molar-refractivity contribution in [2.45, 2.75) is 38.1 Å². The minimum absolute atomic E-state index is 0.581. The summed E-state index contributed by atoms with van der Waals surface area (Å²) in [5, 5.41) is 0. The molecule has 0 radical (unpaired) electrons. The van der Waals surface area contributed by atoms with Crippen LogP contribution in [-0.2, 0) is 11.3 Å². The maximum absolute atomic E-state index is 5.67. The van der Waals surface area contributed by atoms with Gasteiger partial charge in [-0.2, -0.15) is 11.8 Å². The van der Waals surface area contributed by atoms with Crippen LogP contribution >= 0.6 is 11.8 Å². The first kappa shape index (κ1) is 14.5. The first-order valence-corrected chi connectivity index (χ1v) is 9.54. The van der Waals surface area contributed by atoms with E-state index in [0.29, 0.717) is 11.8 Å². The molecule has 0 bridgehead atoms. The number of hydrogen-bond donors (Lipinski definition) is 0. The molecule has 2 aromatic rings. The van der Waals surface area contributed by atoms with Crippen molar-refractivity contribution < 1.29 is 4.74 Å². The third kappa shape index (κ3) is 2.88. The van der Waals surface area contributed by atoms with Gasteiger partial charge in [0, 0.05) is 36.9 Å². The smallest absolute Gasteiger partial charge is 0.160 e. The van der Waals surface area contributed by atoms with Crippen LogP contribution in [0.3, 0.4) is 0 Å². The van der Waals surface area contributed by atoms with E-state index in [1.165, 1.54) is 43.0 Å².